The van der Waals surface area contributed by atoms with Crippen LogP contribution in [0.15, 0.2) is 16.5 Å². The Morgan fingerprint density at radius 3 is 2.71 bits per heavy atom. The second-order valence-electron chi connectivity index (χ2n) is 3.66. The summed E-state index contributed by atoms with van der Waals surface area (Å²) in [6.07, 6.45) is 0.739. The number of alkyl halides is 2. The number of ether oxygens (including phenoxy) is 1. The fourth-order valence-corrected chi connectivity index (χ4v) is 2.00. The van der Waals surface area contributed by atoms with E-state index < -0.39 is 6.61 Å². The number of benzene rings is 1. The summed E-state index contributed by atoms with van der Waals surface area (Å²) in [4.78, 5) is 0. The van der Waals surface area contributed by atoms with Crippen LogP contribution in [0.5, 0.6) is 5.75 Å². The monoisotopic (exact) mass is 260 g/mol. The van der Waals surface area contributed by atoms with Gasteiger partial charge in [-0.15, -0.1) is 0 Å². The molecule has 0 radical (unpaired) electrons. The van der Waals surface area contributed by atoms with Crippen molar-refractivity contribution in [3.8, 4) is 5.75 Å². The topological polar surface area (TPSA) is 22.4 Å². The predicted molar refractivity (Wildman–Crippen MR) is 62.0 cm³/mol. The zero-order valence-electron chi connectivity index (χ0n) is 9.39. The van der Waals surface area contributed by atoms with Gasteiger partial charge in [0.05, 0.1) is 5.02 Å². The molecule has 1 heterocycles. The lowest BCUT2D eigenvalue weighted by molar-refractivity contribution is -0.0497. The second-order valence-corrected chi connectivity index (χ2v) is 4.07. The van der Waals surface area contributed by atoms with Crippen molar-refractivity contribution in [2.75, 3.05) is 0 Å². The van der Waals surface area contributed by atoms with E-state index in [1.807, 2.05) is 13.8 Å². The summed E-state index contributed by atoms with van der Waals surface area (Å²) >= 11 is 5.87. The molecule has 2 aromatic rings. The molecule has 0 bridgehead atoms. The highest BCUT2D eigenvalue weighted by molar-refractivity contribution is 6.32. The van der Waals surface area contributed by atoms with Crippen LogP contribution in [0.1, 0.15) is 18.2 Å². The van der Waals surface area contributed by atoms with Crippen molar-refractivity contribution in [3.05, 3.63) is 28.5 Å². The van der Waals surface area contributed by atoms with Gasteiger partial charge in [0.15, 0.2) is 0 Å². The van der Waals surface area contributed by atoms with Gasteiger partial charge < -0.3 is 9.15 Å². The molecule has 92 valence electrons. The van der Waals surface area contributed by atoms with Gasteiger partial charge in [0.2, 0.25) is 0 Å². The van der Waals surface area contributed by atoms with Crippen molar-refractivity contribution in [2.24, 2.45) is 0 Å². The molecule has 0 saturated heterocycles. The maximum atomic E-state index is 12.1. The minimum atomic E-state index is -2.90. The largest absolute Gasteiger partial charge is 0.461 e. The van der Waals surface area contributed by atoms with Gasteiger partial charge in [0, 0.05) is 17.9 Å². The van der Waals surface area contributed by atoms with Crippen LogP contribution in [0.25, 0.3) is 11.0 Å². The highest BCUT2D eigenvalue weighted by Gasteiger charge is 2.15. The Bertz CT molecular complexity index is 549. The van der Waals surface area contributed by atoms with Crippen LogP contribution >= 0.6 is 11.6 Å². The first-order valence-corrected chi connectivity index (χ1v) is 5.57. The van der Waals surface area contributed by atoms with Gasteiger partial charge in [-0.3, -0.25) is 0 Å². The summed E-state index contributed by atoms with van der Waals surface area (Å²) in [6.45, 7) is 0.976. The molecule has 0 aliphatic carbocycles. The van der Waals surface area contributed by atoms with Crippen LogP contribution in [-0.2, 0) is 6.42 Å². The summed E-state index contributed by atoms with van der Waals surface area (Å²) in [5, 5.41) is 0.984. The lowest BCUT2D eigenvalue weighted by atomic mass is 10.1. The van der Waals surface area contributed by atoms with E-state index in [9.17, 15) is 8.78 Å². The van der Waals surface area contributed by atoms with E-state index in [4.69, 9.17) is 16.0 Å². The van der Waals surface area contributed by atoms with Crippen LogP contribution in [-0.4, -0.2) is 6.61 Å². The Kier molecular flexibility index (Phi) is 3.24. The van der Waals surface area contributed by atoms with E-state index in [0.717, 1.165) is 23.1 Å². The number of furan rings is 1. The molecule has 17 heavy (non-hydrogen) atoms. The Hall–Kier alpha value is -1.29. The van der Waals surface area contributed by atoms with Crippen LogP contribution in [0.4, 0.5) is 8.78 Å². The zero-order valence-corrected chi connectivity index (χ0v) is 10.1. The number of rotatable bonds is 3. The van der Waals surface area contributed by atoms with Gasteiger partial charge in [-0.25, -0.2) is 0 Å². The summed E-state index contributed by atoms with van der Waals surface area (Å²) in [6, 6.07) is 2.99. The summed E-state index contributed by atoms with van der Waals surface area (Å²) < 4.78 is 34.1. The van der Waals surface area contributed by atoms with E-state index in [1.165, 1.54) is 6.07 Å². The Morgan fingerprint density at radius 1 is 1.41 bits per heavy atom. The van der Waals surface area contributed by atoms with Gasteiger partial charge in [-0.2, -0.15) is 8.78 Å². The molecule has 0 spiro atoms. The van der Waals surface area contributed by atoms with E-state index in [1.54, 1.807) is 6.07 Å². The number of hydrogen-bond acceptors (Lipinski definition) is 2. The number of fused-ring (bicyclic) bond motifs is 1. The van der Waals surface area contributed by atoms with Crippen molar-refractivity contribution >= 4 is 22.6 Å². The molecule has 0 aliphatic rings. The molecule has 1 aromatic heterocycles. The molecule has 0 aliphatic heterocycles. The molecule has 2 rings (SSSR count). The minimum absolute atomic E-state index is 0.0643. The summed E-state index contributed by atoms with van der Waals surface area (Å²) in [5.41, 5.74) is 1.49. The van der Waals surface area contributed by atoms with Crippen LogP contribution < -0.4 is 4.74 Å². The molecular formula is C12H11ClF2O2. The van der Waals surface area contributed by atoms with E-state index in [0.29, 0.717) is 5.58 Å². The Morgan fingerprint density at radius 2 is 2.12 bits per heavy atom. The predicted octanol–water partition coefficient (Wildman–Crippen LogP) is 4.56. The highest BCUT2D eigenvalue weighted by Crippen LogP contribution is 2.35. The second kappa shape index (κ2) is 4.53. The van der Waals surface area contributed by atoms with Crippen LogP contribution in [0.3, 0.4) is 0 Å². The summed E-state index contributed by atoms with van der Waals surface area (Å²) in [5.74, 6) is 0.760. The van der Waals surface area contributed by atoms with Crippen LogP contribution in [0.2, 0.25) is 5.02 Å². The fourth-order valence-electron chi connectivity index (χ4n) is 1.80. The third-order valence-corrected chi connectivity index (χ3v) is 2.92. The zero-order chi connectivity index (χ0) is 12.6. The minimum Gasteiger partial charge on any atom is -0.461 e. The smallest absolute Gasteiger partial charge is 0.387 e. The van der Waals surface area contributed by atoms with Crippen molar-refractivity contribution < 1.29 is 17.9 Å². The SMILES string of the molecule is CCc1oc2cc(OC(F)F)c(Cl)cc2c1C. The average molecular weight is 261 g/mol. The molecule has 0 N–H and O–H groups in total. The van der Waals surface area contributed by atoms with Gasteiger partial charge in [-0.05, 0) is 18.6 Å². The first-order chi connectivity index (χ1) is 8.02. The lowest BCUT2D eigenvalue weighted by Gasteiger charge is -2.05. The van der Waals surface area contributed by atoms with Gasteiger partial charge in [0.1, 0.15) is 17.1 Å². The van der Waals surface area contributed by atoms with Gasteiger partial charge in [-0.1, -0.05) is 18.5 Å². The maximum Gasteiger partial charge on any atom is 0.387 e. The third-order valence-electron chi connectivity index (χ3n) is 2.63. The third kappa shape index (κ3) is 2.22. The molecule has 0 saturated carbocycles. The average Bonchev–Trinajstić information content (AvgIpc) is 2.56. The first-order valence-electron chi connectivity index (χ1n) is 5.19. The van der Waals surface area contributed by atoms with Gasteiger partial charge >= 0.3 is 6.61 Å². The van der Waals surface area contributed by atoms with E-state index >= 15 is 0 Å². The van der Waals surface area contributed by atoms with Crippen molar-refractivity contribution in [2.45, 2.75) is 26.9 Å². The number of aryl methyl sites for hydroxylation is 2. The Balaban J connectivity index is 2.56. The molecule has 5 heteroatoms. The standard InChI is InChI=1S/C12H11ClF2O2/c1-3-9-6(2)7-4-8(13)11(17-12(14)15)5-10(7)16-9/h4-5,12H,3H2,1-2H3. The molecule has 0 fully saturated rings. The highest BCUT2D eigenvalue weighted by atomic mass is 35.5. The van der Waals surface area contributed by atoms with E-state index in [-0.39, 0.29) is 10.8 Å². The number of hydrogen-bond donors (Lipinski definition) is 0. The van der Waals surface area contributed by atoms with Crippen molar-refractivity contribution in [1.29, 1.82) is 0 Å². The van der Waals surface area contributed by atoms with Crippen molar-refractivity contribution in [3.63, 3.8) is 0 Å². The molecule has 0 amide bonds. The first kappa shape index (κ1) is 12.2. The van der Waals surface area contributed by atoms with Gasteiger partial charge in [0.25, 0.3) is 0 Å². The molecule has 2 nitrogen and oxygen atoms in total. The van der Waals surface area contributed by atoms with E-state index in [2.05, 4.69) is 4.74 Å². The van der Waals surface area contributed by atoms with Crippen molar-refractivity contribution in [1.82, 2.24) is 0 Å². The maximum absolute atomic E-state index is 12.1. The normalized spacial score (nSPS) is 11.4. The Labute approximate surface area is 102 Å². The van der Waals surface area contributed by atoms with Crippen LogP contribution in [0, 0.1) is 6.92 Å². The fraction of sp³-hybridized carbons (Fsp3) is 0.333. The molecular weight excluding hydrogens is 250 g/mol. The quantitative estimate of drug-likeness (QED) is 0.807. The number of halogens is 3. The molecule has 1 aromatic carbocycles. The summed E-state index contributed by atoms with van der Waals surface area (Å²) in [7, 11) is 0. The molecule has 0 atom stereocenters. The lowest BCUT2D eigenvalue weighted by Crippen LogP contribution is -2.02. The molecule has 0 unspecified atom stereocenters.